The van der Waals surface area contributed by atoms with Crippen molar-refractivity contribution in [1.29, 1.82) is 0 Å². The molecular weight excluding hydrogens is 286 g/mol. The molecule has 6 heteroatoms. The molecule has 5 nitrogen and oxygen atoms in total. The number of carboxylic acids is 1. The van der Waals surface area contributed by atoms with E-state index in [1.165, 1.54) is 11.8 Å². The second-order valence-electron chi connectivity index (χ2n) is 5.80. The smallest absolute Gasteiger partial charge is 0.313 e. The first kappa shape index (κ1) is 18.0. The SMILES string of the molecule is CCCC(CCC)c1nnc(SCC(=O)O)n1CC(C)C. The van der Waals surface area contributed by atoms with Crippen LogP contribution in [0.15, 0.2) is 5.16 Å². The van der Waals surface area contributed by atoms with E-state index >= 15 is 0 Å². The molecule has 0 radical (unpaired) electrons. The number of nitrogens with zero attached hydrogens (tertiary/aromatic N) is 3. The fourth-order valence-electron chi connectivity index (χ4n) is 2.47. The molecule has 1 N–H and O–H groups in total. The number of aromatic nitrogens is 3. The quantitative estimate of drug-likeness (QED) is 0.665. The van der Waals surface area contributed by atoms with E-state index in [4.69, 9.17) is 5.11 Å². The van der Waals surface area contributed by atoms with Crippen LogP contribution in [0.1, 0.15) is 65.1 Å². The minimum Gasteiger partial charge on any atom is -0.481 e. The molecule has 0 saturated carbocycles. The molecule has 0 aliphatic carbocycles. The van der Waals surface area contributed by atoms with Crippen LogP contribution in [-0.4, -0.2) is 31.6 Å². The number of thioether (sulfide) groups is 1. The van der Waals surface area contributed by atoms with Gasteiger partial charge in [0.1, 0.15) is 5.82 Å². The molecule has 0 fully saturated rings. The van der Waals surface area contributed by atoms with Crippen molar-refractivity contribution in [1.82, 2.24) is 14.8 Å². The molecule has 0 spiro atoms. The Morgan fingerprint density at radius 2 is 1.86 bits per heavy atom. The van der Waals surface area contributed by atoms with Crippen LogP contribution in [0.4, 0.5) is 0 Å². The Morgan fingerprint density at radius 3 is 2.33 bits per heavy atom. The highest BCUT2D eigenvalue weighted by atomic mass is 32.2. The number of hydrogen-bond acceptors (Lipinski definition) is 4. The summed E-state index contributed by atoms with van der Waals surface area (Å²) in [6.45, 7) is 9.53. The summed E-state index contributed by atoms with van der Waals surface area (Å²) >= 11 is 1.26. The highest BCUT2D eigenvalue weighted by molar-refractivity contribution is 7.99. The standard InChI is InChI=1S/C15H27N3O2S/c1-5-7-12(8-6-2)14-16-17-15(21-10-13(19)20)18(14)9-11(3)4/h11-12H,5-10H2,1-4H3,(H,19,20). The van der Waals surface area contributed by atoms with Crippen molar-refractivity contribution < 1.29 is 9.90 Å². The summed E-state index contributed by atoms with van der Waals surface area (Å²) in [6, 6.07) is 0. The third-order valence-corrected chi connectivity index (χ3v) is 4.21. The minimum absolute atomic E-state index is 0.0302. The molecule has 0 aromatic carbocycles. The molecule has 120 valence electrons. The number of carboxylic acid groups (broad SMARTS) is 1. The zero-order valence-corrected chi connectivity index (χ0v) is 14.3. The molecular formula is C15H27N3O2S. The Labute approximate surface area is 131 Å². The minimum atomic E-state index is -0.820. The van der Waals surface area contributed by atoms with Gasteiger partial charge in [0, 0.05) is 12.5 Å². The second kappa shape index (κ2) is 9.07. The lowest BCUT2D eigenvalue weighted by Gasteiger charge is -2.18. The maximum absolute atomic E-state index is 10.8. The van der Waals surface area contributed by atoms with Crippen LogP contribution in [0.25, 0.3) is 0 Å². The zero-order valence-electron chi connectivity index (χ0n) is 13.5. The number of aliphatic carboxylic acids is 1. The van der Waals surface area contributed by atoms with Gasteiger partial charge in [0.25, 0.3) is 0 Å². The number of carbonyl (C=O) groups is 1. The third-order valence-electron chi connectivity index (χ3n) is 3.26. The molecule has 0 atom stereocenters. The van der Waals surface area contributed by atoms with E-state index in [0.717, 1.165) is 43.2 Å². The summed E-state index contributed by atoms with van der Waals surface area (Å²) in [5, 5.41) is 18.2. The van der Waals surface area contributed by atoms with Crippen molar-refractivity contribution in [2.75, 3.05) is 5.75 Å². The highest BCUT2D eigenvalue weighted by Gasteiger charge is 2.21. The fraction of sp³-hybridized carbons (Fsp3) is 0.800. The molecule has 1 aromatic heterocycles. The summed E-state index contributed by atoms with van der Waals surface area (Å²) in [5.41, 5.74) is 0. The van der Waals surface area contributed by atoms with Crippen LogP contribution in [0, 0.1) is 5.92 Å². The van der Waals surface area contributed by atoms with Crippen LogP contribution in [0.5, 0.6) is 0 Å². The summed E-state index contributed by atoms with van der Waals surface area (Å²) in [6.07, 6.45) is 4.45. The normalized spacial score (nSPS) is 11.5. The average Bonchev–Trinajstić information content (AvgIpc) is 2.78. The van der Waals surface area contributed by atoms with Crippen molar-refractivity contribution in [2.45, 2.75) is 71.0 Å². The Balaban J connectivity index is 3.02. The van der Waals surface area contributed by atoms with Gasteiger partial charge in [-0.1, -0.05) is 52.3 Å². The Hall–Kier alpha value is -1.04. The van der Waals surface area contributed by atoms with E-state index in [-0.39, 0.29) is 5.75 Å². The van der Waals surface area contributed by atoms with Gasteiger partial charge in [0.15, 0.2) is 5.16 Å². The van der Waals surface area contributed by atoms with E-state index < -0.39 is 5.97 Å². The van der Waals surface area contributed by atoms with E-state index in [9.17, 15) is 4.79 Å². The lowest BCUT2D eigenvalue weighted by atomic mass is 9.97. The van der Waals surface area contributed by atoms with Crippen LogP contribution in [-0.2, 0) is 11.3 Å². The maximum atomic E-state index is 10.8. The van der Waals surface area contributed by atoms with Crippen LogP contribution >= 0.6 is 11.8 Å². The van der Waals surface area contributed by atoms with E-state index in [1.807, 2.05) is 0 Å². The lowest BCUT2D eigenvalue weighted by Crippen LogP contribution is -2.14. The van der Waals surface area contributed by atoms with Gasteiger partial charge in [-0.15, -0.1) is 10.2 Å². The molecule has 0 unspecified atom stereocenters. The fourth-order valence-corrected chi connectivity index (χ4v) is 3.15. The van der Waals surface area contributed by atoms with Crippen molar-refractivity contribution in [3.63, 3.8) is 0 Å². The predicted molar refractivity (Wildman–Crippen MR) is 85.8 cm³/mol. The monoisotopic (exact) mass is 313 g/mol. The molecule has 0 saturated heterocycles. The number of hydrogen-bond donors (Lipinski definition) is 1. The summed E-state index contributed by atoms with van der Waals surface area (Å²) in [5.74, 6) is 1.14. The van der Waals surface area contributed by atoms with Crippen LogP contribution in [0.3, 0.4) is 0 Å². The third kappa shape index (κ3) is 5.69. The Kier molecular flexibility index (Phi) is 7.78. The Morgan fingerprint density at radius 1 is 1.24 bits per heavy atom. The first-order chi connectivity index (χ1) is 9.99. The number of rotatable bonds is 10. The van der Waals surface area contributed by atoms with Crippen molar-refractivity contribution >= 4 is 17.7 Å². The van der Waals surface area contributed by atoms with Gasteiger partial charge in [-0.05, 0) is 18.8 Å². The first-order valence-corrected chi connectivity index (χ1v) is 8.75. The van der Waals surface area contributed by atoms with E-state index in [1.54, 1.807) is 0 Å². The maximum Gasteiger partial charge on any atom is 0.313 e. The van der Waals surface area contributed by atoms with E-state index in [0.29, 0.717) is 11.8 Å². The van der Waals surface area contributed by atoms with Gasteiger partial charge in [-0.2, -0.15) is 0 Å². The zero-order chi connectivity index (χ0) is 15.8. The molecule has 0 aliphatic heterocycles. The molecule has 0 aliphatic rings. The van der Waals surface area contributed by atoms with Crippen LogP contribution in [0.2, 0.25) is 0 Å². The van der Waals surface area contributed by atoms with Crippen molar-refractivity contribution in [2.24, 2.45) is 5.92 Å². The average molecular weight is 313 g/mol. The summed E-state index contributed by atoms with van der Waals surface area (Å²) in [4.78, 5) is 10.8. The van der Waals surface area contributed by atoms with E-state index in [2.05, 4.69) is 42.5 Å². The Bertz CT molecular complexity index is 440. The van der Waals surface area contributed by atoms with Gasteiger partial charge in [-0.3, -0.25) is 4.79 Å². The van der Waals surface area contributed by atoms with Crippen molar-refractivity contribution in [3.05, 3.63) is 5.82 Å². The lowest BCUT2D eigenvalue weighted by molar-refractivity contribution is -0.133. The molecule has 1 rings (SSSR count). The van der Waals surface area contributed by atoms with Gasteiger partial charge in [0.05, 0.1) is 5.75 Å². The molecule has 0 amide bonds. The molecule has 0 bridgehead atoms. The summed E-state index contributed by atoms with van der Waals surface area (Å²) < 4.78 is 2.13. The van der Waals surface area contributed by atoms with Crippen molar-refractivity contribution in [3.8, 4) is 0 Å². The van der Waals surface area contributed by atoms with Gasteiger partial charge in [-0.25, -0.2) is 0 Å². The van der Waals surface area contributed by atoms with Gasteiger partial charge >= 0.3 is 5.97 Å². The topological polar surface area (TPSA) is 68.0 Å². The highest BCUT2D eigenvalue weighted by Crippen LogP contribution is 2.28. The largest absolute Gasteiger partial charge is 0.481 e. The molecule has 1 aromatic rings. The predicted octanol–water partition coefficient (Wildman–Crippen LogP) is 3.79. The van der Waals surface area contributed by atoms with Crippen LogP contribution < -0.4 is 0 Å². The second-order valence-corrected chi connectivity index (χ2v) is 6.74. The molecule has 21 heavy (non-hydrogen) atoms. The molecule has 1 heterocycles. The first-order valence-electron chi connectivity index (χ1n) is 7.77. The summed E-state index contributed by atoms with van der Waals surface area (Å²) in [7, 11) is 0. The van der Waals surface area contributed by atoms with Gasteiger partial charge in [0.2, 0.25) is 0 Å². The van der Waals surface area contributed by atoms with Gasteiger partial charge < -0.3 is 9.67 Å².